The number of amides is 4. The third-order valence-electron chi connectivity index (χ3n) is 4.41. The molecule has 116 valence electrons. The Morgan fingerprint density at radius 2 is 1.48 bits per heavy atom. The highest BCUT2D eigenvalue weighted by molar-refractivity contribution is 6.08. The van der Waals surface area contributed by atoms with Crippen LogP contribution in [-0.4, -0.2) is 30.1 Å². The summed E-state index contributed by atoms with van der Waals surface area (Å²) in [5, 5.41) is 2.69. The van der Waals surface area contributed by atoms with E-state index in [-0.39, 0.29) is 12.1 Å². The van der Waals surface area contributed by atoms with E-state index in [1.807, 2.05) is 48.5 Å². The molecule has 0 unspecified atom stereocenters. The van der Waals surface area contributed by atoms with Crippen LogP contribution < -0.4 is 10.2 Å². The highest BCUT2D eigenvalue weighted by atomic mass is 16.2. The summed E-state index contributed by atoms with van der Waals surface area (Å²) in [6.45, 7) is 0.903. The van der Waals surface area contributed by atoms with Gasteiger partial charge in [0.15, 0.2) is 0 Å². The van der Waals surface area contributed by atoms with E-state index < -0.39 is 0 Å². The first-order valence-electron chi connectivity index (χ1n) is 7.81. The summed E-state index contributed by atoms with van der Waals surface area (Å²) in [6.07, 6.45) is 1.76. The molecule has 1 N–H and O–H groups in total. The maximum absolute atomic E-state index is 13.1. The number of para-hydroxylation sites is 2. The molecule has 0 aromatic heterocycles. The number of nitrogens with one attached hydrogen (secondary N) is 1. The van der Waals surface area contributed by atoms with E-state index in [1.165, 1.54) is 4.90 Å². The number of fused-ring (bicyclic) bond motifs is 2. The summed E-state index contributed by atoms with van der Waals surface area (Å²) < 4.78 is 0. The van der Waals surface area contributed by atoms with Gasteiger partial charge in [0.1, 0.15) is 0 Å². The van der Waals surface area contributed by atoms with E-state index in [0.717, 1.165) is 35.3 Å². The Kier molecular flexibility index (Phi) is 3.26. The molecule has 5 heteroatoms. The molecule has 0 aliphatic carbocycles. The van der Waals surface area contributed by atoms with Crippen LogP contribution >= 0.6 is 0 Å². The van der Waals surface area contributed by atoms with Gasteiger partial charge in [-0.3, -0.25) is 4.90 Å². The molecule has 4 amide bonds. The lowest BCUT2D eigenvalue weighted by Gasteiger charge is -2.28. The summed E-state index contributed by atoms with van der Waals surface area (Å²) in [5.41, 5.74) is 3.97. The molecule has 2 aromatic rings. The molecule has 2 aliphatic heterocycles. The number of hydrogen-bond acceptors (Lipinski definition) is 2. The van der Waals surface area contributed by atoms with Gasteiger partial charge < -0.3 is 5.32 Å². The number of benzene rings is 2. The molecule has 0 spiro atoms. The lowest BCUT2D eigenvalue weighted by Crippen LogP contribution is -2.43. The Balaban J connectivity index is 1.86. The maximum Gasteiger partial charge on any atom is 0.337 e. The third kappa shape index (κ3) is 2.25. The lowest BCUT2D eigenvalue weighted by atomic mass is 10.0. The Hall–Kier alpha value is -2.82. The van der Waals surface area contributed by atoms with Crippen molar-refractivity contribution in [3.05, 3.63) is 59.7 Å². The molecular formula is C18H17N3O2. The Labute approximate surface area is 134 Å². The fraction of sp³-hybridized carbons (Fsp3) is 0.222. The lowest BCUT2D eigenvalue weighted by molar-refractivity contribution is 0.204. The zero-order chi connectivity index (χ0) is 15.8. The summed E-state index contributed by atoms with van der Waals surface area (Å²) in [7, 11) is 0. The molecule has 0 saturated carbocycles. The summed E-state index contributed by atoms with van der Waals surface area (Å²) in [6, 6.07) is 15.2. The number of carbonyl (C=O) groups excluding carboxylic acids is 2. The molecule has 4 rings (SSSR count). The molecule has 2 aromatic carbocycles. The van der Waals surface area contributed by atoms with Gasteiger partial charge in [-0.1, -0.05) is 36.4 Å². The quantitative estimate of drug-likeness (QED) is 0.813. The molecule has 23 heavy (non-hydrogen) atoms. The number of urea groups is 2. The first-order chi connectivity index (χ1) is 11.3. The highest BCUT2D eigenvalue weighted by Crippen LogP contribution is 2.36. The van der Waals surface area contributed by atoms with Gasteiger partial charge >= 0.3 is 12.1 Å². The Morgan fingerprint density at radius 3 is 2.00 bits per heavy atom. The summed E-state index contributed by atoms with van der Waals surface area (Å²) in [5.74, 6) is 0. The molecule has 5 nitrogen and oxygen atoms in total. The molecule has 1 saturated heterocycles. The van der Waals surface area contributed by atoms with E-state index in [9.17, 15) is 9.59 Å². The number of aryl methyl sites for hydroxylation is 2. The standard InChI is InChI=1S/C18H17N3O2/c22-17-19-11-12-20(17)18(23)21-15-7-3-1-5-13(15)9-10-14-6-2-4-8-16(14)21/h1-8H,9-12H2,(H,19,22). The first kappa shape index (κ1) is 13.8. The van der Waals surface area contributed by atoms with Crippen LogP contribution in [0.25, 0.3) is 0 Å². The average Bonchev–Trinajstić information content (AvgIpc) is 2.93. The van der Waals surface area contributed by atoms with E-state index >= 15 is 0 Å². The number of rotatable bonds is 0. The van der Waals surface area contributed by atoms with Crippen LogP contribution in [0, 0.1) is 0 Å². The third-order valence-corrected chi connectivity index (χ3v) is 4.41. The van der Waals surface area contributed by atoms with Gasteiger partial charge in [-0.05, 0) is 36.1 Å². The van der Waals surface area contributed by atoms with Crippen molar-refractivity contribution in [3.8, 4) is 0 Å². The SMILES string of the molecule is O=C1NCCN1C(=O)N1c2ccccc2CCc2ccccc21. The highest BCUT2D eigenvalue weighted by Gasteiger charge is 2.34. The molecule has 0 bridgehead atoms. The Morgan fingerprint density at radius 1 is 0.913 bits per heavy atom. The predicted octanol–water partition coefficient (Wildman–Crippen LogP) is 3.07. The van der Waals surface area contributed by atoms with Gasteiger partial charge in [-0.15, -0.1) is 0 Å². The number of imide groups is 1. The van der Waals surface area contributed by atoms with Crippen molar-refractivity contribution in [1.82, 2.24) is 10.2 Å². The van der Waals surface area contributed by atoms with E-state index in [4.69, 9.17) is 0 Å². The maximum atomic E-state index is 13.1. The second-order valence-electron chi connectivity index (χ2n) is 5.76. The summed E-state index contributed by atoms with van der Waals surface area (Å²) >= 11 is 0. The molecule has 2 aliphatic rings. The topological polar surface area (TPSA) is 52.7 Å². The van der Waals surface area contributed by atoms with Crippen molar-refractivity contribution in [2.24, 2.45) is 0 Å². The van der Waals surface area contributed by atoms with Crippen molar-refractivity contribution in [2.45, 2.75) is 12.8 Å². The minimum atomic E-state index is -0.325. The fourth-order valence-electron chi connectivity index (χ4n) is 3.26. The van der Waals surface area contributed by atoms with Crippen molar-refractivity contribution >= 4 is 23.4 Å². The number of hydrogen-bond donors (Lipinski definition) is 1. The first-order valence-corrected chi connectivity index (χ1v) is 7.81. The van der Waals surface area contributed by atoms with Crippen molar-refractivity contribution in [2.75, 3.05) is 18.0 Å². The largest absolute Gasteiger partial charge is 0.337 e. The molecule has 2 heterocycles. The van der Waals surface area contributed by atoms with E-state index in [1.54, 1.807) is 4.90 Å². The second kappa shape index (κ2) is 5.43. The summed E-state index contributed by atoms with van der Waals surface area (Å²) in [4.78, 5) is 28.0. The molecular weight excluding hydrogens is 290 g/mol. The molecule has 0 radical (unpaired) electrons. The van der Waals surface area contributed by atoms with Gasteiger partial charge in [-0.25, -0.2) is 14.5 Å². The number of anilines is 2. The van der Waals surface area contributed by atoms with Gasteiger partial charge in [-0.2, -0.15) is 0 Å². The van der Waals surface area contributed by atoms with Crippen molar-refractivity contribution < 1.29 is 9.59 Å². The van der Waals surface area contributed by atoms with Gasteiger partial charge in [0.05, 0.1) is 11.4 Å². The second-order valence-corrected chi connectivity index (χ2v) is 5.76. The average molecular weight is 307 g/mol. The minimum absolute atomic E-state index is 0.290. The van der Waals surface area contributed by atoms with Crippen molar-refractivity contribution in [1.29, 1.82) is 0 Å². The van der Waals surface area contributed by atoms with Crippen molar-refractivity contribution in [3.63, 3.8) is 0 Å². The molecule has 1 fully saturated rings. The Bertz CT molecular complexity index is 740. The number of carbonyl (C=O) groups is 2. The smallest absolute Gasteiger partial charge is 0.336 e. The van der Waals surface area contributed by atoms with Gasteiger partial charge in [0, 0.05) is 13.1 Å². The van der Waals surface area contributed by atoms with E-state index in [2.05, 4.69) is 5.32 Å². The number of nitrogens with zero attached hydrogens (tertiary/aromatic N) is 2. The van der Waals surface area contributed by atoms with Crippen LogP contribution in [-0.2, 0) is 12.8 Å². The van der Waals surface area contributed by atoms with Crippen LogP contribution in [0.5, 0.6) is 0 Å². The molecule has 0 atom stereocenters. The van der Waals surface area contributed by atoms with Crippen LogP contribution in [0.3, 0.4) is 0 Å². The van der Waals surface area contributed by atoms with Crippen LogP contribution in [0.4, 0.5) is 21.0 Å². The predicted molar refractivity (Wildman–Crippen MR) is 87.9 cm³/mol. The van der Waals surface area contributed by atoms with Gasteiger partial charge in [0.25, 0.3) is 0 Å². The van der Waals surface area contributed by atoms with E-state index in [0.29, 0.717) is 13.1 Å². The monoisotopic (exact) mass is 307 g/mol. The zero-order valence-corrected chi connectivity index (χ0v) is 12.7. The van der Waals surface area contributed by atoms with Crippen LogP contribution in [0.2, 0.25) is 0 Å². The van der Waals surface area contributed by atoms with Crippen LogP contribution in [0.15, 0.2) is 48.5 Å². The van der Waals surface area contributed by atoms with Crippen LogP contribution in [0.1, 0.15) is 11.1 Å². The fourth-order valence-corrected chi connectivity index (χ4v) is 3.26. The zero-order valence-electron chi connectivity index (χ0n) is 12.7. The van der Waals surface area contributed by atoms with Gasteiger partial charge in [0.2, 0.25) is 0 Å². The minimum Gasteiger partial charge on any atom is -0.336 e. The normalized spacial score (nSPS) is 16.4.